The minimum Gasteiger partial charge on any atom is -0.0622 e. The highest BCUT2D eigenvalue weighted by molar-refractivity contribution is 14.1. The van der Waals surface area contributed by atoms with Gasteiger partial charge in [-0.25, -0.2) is 0 Å². The first kappa shape index (κ1) is 11.6. The molecule has 0 amide bonds. The minimum atomic E-state index is 1.13. The van der Waals surface area contributed by atoms with Crippen LogP contribution in [0.2, 0.25) is 0 Å². The molecule has 2 aromatic rings. The second-order valence-electron chi connectivity index (χ2n) is 3.08. The lowest BCUT2D eigenvalue weighted by Crippen LogP contribution is -1.86. The Morgan fingerprint density at radius 3 is 2.07 bits per heavy atom. The van der Waals surface area contributed by atoms with E-state index < -0.39 is 0 Å². The van der Waals surface area contributed by atoms with Crippen LogP contribution in [0.15, 0.2) is 51.4 Å². The predicted molar refractivity (Wildman–Crippen MR) is 80.0 cm³/mol. The fourth-order valence-corrected chi connectivity index (χ4v) is 3.44. The molecule has 2 rings (SSSR count). The van der Waals surface area contributed by atoms with Gasteiger partial charge in [0, 0.05) is 18.1 Å². The van der Waals surface area contributed by atoms with E-state index in [1.165, 1.54) is 14.7 Å². The van der Waals surface area contributed by atoms with Crippen LogP contribution in [0.1, 0.15) is 0 Å². The van der Waals surface area contributed by atoms with Gasteiger partial charge >= 0.3 is 0 Å². The SMILES string of the molecule is Brc1ccc(Br)c(-c2ccccc2)c1I. The number of halogens is 3. The van der Waals surface area contributed by atoms with E-state index in [-0.39, 0.29) is 0 Å². The topological polar surface area (TPSA) is 0 Å². The molecule has 0 aromatic heterocycles. The van der Waals surface area contributed by atoms with E-state index in [0.29, 0.717) is 0 Å². The minimum absolute atomic E-state index is 1.13. The van der Waals surface area contributed by atoms with E-state index in [4.69, 9.17) is 0 Å². The largest absolute Gasteiger partial charge is 0.0622 e. The fourth-order valence-electron chi connectivity index (χ4n) is 1.40. The normalized spacial score (nSPS) is 10.3. The van der Waals surface area contributed by atoms with E-state index in [1.807, 2.05) is 6.07 Å². The van der Waals surface area contributed by atoms with Crippen LogP contribution in [0.3, 0.4) is 0 Å². The van der Waals surface area contributed by atoms with Gasteiger partial charge in [-0.2, -0.15) is 0 Å². The summed E-state index contributed by atoms with van der Waals surface area (Å²) in [5, 5.41) is 0. The molecule has 0 unspecified atom stereocenters. The van der Waals surface area contributed by atoms with Crippen LogP contribution >= 0.6 is 54.5 Å². The maximum Gasteiger partial charge on any atom is 0.0362 e. The van der Waals surface area contributed by atoms with Crippen LogP contribution in [-0.2, 0) is 0 Å². The molecule has 0 atom stereocenters. The second kappa shape index (κ2) is 4.97. The van der Waals surface area contributed by atoms with Crippen LogP contribution in [0.5, 0.6) is 0 Å². The van der Waals surface area contributed by atoms with E-state index in [9.17, 15) is 0 Å². The zero-order chi connectivity index (χ0) is 10.8. The molecule has 15 heavy (non-hydrogen) atoms. The molecule has 0 aliphatic carbocycles. The molecule has 0 N–H and O–H groups in total. The van der Waals surface area contributed by atoms with Crippen LogP contribution in [-0.4, -0.2) is 0 Å². The van der Waals surface area contributed by atoms with Crippen molar-refractivity contribution in [3.8, 4) is 11.1 Å². The third kappa shape index (κ3) is 2.45. The Morgan fingerprint density at radius 2 is 1.40 bits per heavy atom. The van der Waals surface area contributed by atoms with Gasteiger partial charge < -0.3 is 0 Å². The summed E-state index contributed by atoms with van der Waals surface area (Å²) >= 11 is 9.50. The van der Waals surface area contributed by atoms with E-state index in [2.05, 4.69) is 90.8 Å². The number of hydrogen-bond donors (Lipinski definition) is 0. The Kier molecular flexibility index (Phi) is 3.85. The molecule has 0 fully saturated rings. The molecular formula is C12H7Br2I. The van der Waals surface area contributed by atoms with Crippen molar-refractivity contribution in [3.05, 3.63) is 55.0 Å². The van der Waals surface area contributed by atoms with Crippen molar-refractivity contribution in [1.82, 2.24) is 0 Å². The van der Waals surface area contributed by atoms with Crippen LogP contribution in [0, 0.1) is 3.57 Å². The summed E-state index contributed by atoms with van der Waals surface area (Å²) in [4.78, 5) is 0. The van der Waals surface area contributed by atoms with Gasteiger partial charge in [0.25, 0.3) is 0 Å². The molecule has 0 radical (unpaired) electrons. The van der Waals surface area contributed by atoms with Crippen molar-refractivity contribution in [2.75, 3.05) is 0 Å². The second-order valence-corrected chi connectivity index (χ2v) is 5.87. The molecule has 0 bridgehead atoms. The first-order chi connectivity index (χ1) is 7.20. The van der Waals surface area contributed by atoms with E-state index in [0.717, 1.165) is 8.95 Å². The summed E-state index contributed by atoms with van der Waals surface area (Å²) in [6.45, 7) is 0. The lowest BCUT2D eigenvalue weighted by Gasteiger charge is -2.09. The first-order valence-electron chi connectivity index (χ1n) is 4.39. The van der Waals surface area contributed by atoms with Crippen molar-refractivity contribution < 1.29 is 0 Å². The highest BCUT2D eigenvalue weighted by Gasteiger charge is 2.09. The van der Waals surface area contributed by atoms with Crippen molar-refractivity contribution >= 4 is 54.5 Å². The van der Waals surface area contributed by atoms with Crippen molar-refractivity contribution in [2.45, 2.75) is 0 Å². The average Bonchev–Trinajstić information content (AvgIpc) is 2.26. The number of benzene rings is 2. The van der Waals surface area contributed by atoms with Gasteiger partial charge in [0.1, 0.15) is 0 Å². The summed E-state index contributed by atoms with van der Waals surface area (Å²) in [7, 11) is 0. The Hall–Kier alpha value is 0.130. The monoisotopic (exact) mass is 436 g/mol. The molecule has 0 spiro atoms. The quantitative estimate of drug-likeness (QED) is 0.409. The highest BCUT2D eigenvalue weighted by Crippen LogP contribution is 2.36. The summed E-state index contributed by atoms with van der Waals surface area (Å²) in [6.07, 6.45) is 0. The molecule has 0 saturated heterocycles. The van der Waals surface area contributed by atoms with Crippen molar-refractivity contribution in [3.63, 3.8) is 0 Å². The van der Waals surface area contributed by atoms with Gasteiger partial charge in [0.05, 0.1) is 0 Å². The summed E-state index contributed by atoms with van der Waals surface area (Å²) in [5.74, 6) is 0. The Morgan fingerprint density at radius 1 is 0.800 bits per heavy atom. The van der Waals surface area contributed by atoms with Gasteiger partial charge in [-0.15, -0.1) is 0 Å². The molecule has 0 aliphatic rings. The molecular weight excluding hydrogens is 431 g/mol. The fraction of sp³-hybridized carbons (Fsp3) is 0. The van der Waals surface area contributed by atoms with Gasteiger partial charge in [-0.1, -0.05) is 46.3 Å². The van der Waals surface area contributed by atoms with Crippen molar-refractivity contribution in [1.29, 1.82) is 0 Å². The maximum atomic E-state index is 3.59. The van der Waals surface area contributed by atoms with Crippen LogP contribution in [0.25, 0.3) is 11.1 Å². The van der Waals surface area contributed by atoms with Crippen molar-refractivity contribution in [2.24, 2.45) is 0 Å². The van der Waals surface area contributed by atoms with Gasteiger partial charge in [0.15, 0.2) is 0 Å². The van der Waals surface area contributed by atoms with Gasteiger partial charge in [-0.05, 0) is 56.2 Å². The molecule has 0 heterocycles. The standard InChI is InChI=1S/C12H7Br2I/c13-9-6-7-10(14)12(15)11(9)8-4-2-1-3-5-8/h1-7H. The highest BCUT2D eigenvalue weighted by atomic mass is 127. The Labute approximate surface area is 119 Å². The molecule has 0 saturated carbocycles. The molecule has 0 nitrogen and oxygen atoms in total. The first-order valence-corrected chi connectivity index (χ1v) is 7.05. The molecule has 0 aliphatic heterocycles. The van der Waals surface area contributed by atoms with E-state index >= 15 is 0 Å². The van der Waals surface area contributed by atoms with Crippen LogP contribution < -0.4 is 0 Å². The van der Waals surface area contributed by atoms with Gasteiger partial charge in [0.2, 0.25) is 0 Å². The van der Waals surface area contributed by atoms with Crippen LogP contribution in [0.4, 0.5) is 0 Å². The zero-order valence-electron chi connectivity index (χ0n) is 7.68. The summed E-state index contributed by atoms with van der Waals surface area (Å²) in [6, 6.07) is 14.5. The third-order valence-corrected chi connectivity index (χ3v) is 5.29. The van der Waals surface area contributed by atoms with E-state index in [1.54, 1.807) is 0 Å². The number of rotatable bonds is 1. The lowest BCUT2D eigenvalue weighted by atomic mass is 10.1. The molecule has 76 valence electrons. The maximum absolute atomic E-state index is 3.59. The smallest absolute Gasteiger partial charge is 0.0362 e. The lowest BCUT2D eigenvalue weighted by molar-refractivity contribution is 1.51. The Balaban J connectivity index is 2.68. The zero-order valence-corrected chi connectivity index (χ0v) is 13.0. The Bertz CT molecular complexity index is 480. The summed E-state index contributed by atoms with van der Waals surface area (Å²) < 4.78 is 3.49. The van der Waals surface area contributed by atoms with Gasteiger partial charge in [-0.3, -0.25) is 0 Å². The molecule has 3 heteroatoms. The third-order valence-electron chi connectivity index (χ3n) is 2.11. The predicted octanol–water partition coefficient (Wildman–Crippen LogP) is 5.48. The number of hydrogen-bond acceptors (Lipinski definition) is 0. The average molecular weight is 438 g/mol. The summed E-state index contributed by atoms with van der Waals surface area (Å²) in [5.41, 5.74) is 2.47. The molecule has 2 aromatic carbocycles.